The van der Waals surface area contributed by atoms with Gasteiger partial charge in [0.2, 0.25) is 0 Å². The lowest BCUT2D eigenvalue weighted by Gasteiger charge is -2.10. The molecular weight excluding hydrogens is 222 g/mol. The molecule has 0 fully saturated rings. The third-order valence-corrected chi connectivity index (χ3v) is 2.17. The van der Waals surface area contributed by atoms with E-state index in [0.717, 1.165) is 12.1 Å². The minimum Gasteiger partial charge on any atom is -0.328 e. The molecule has 0 heterocycles. The first-order valence-corrected chi connectivity index (χ1v) is 4.91. The Morgan fingerprint density at radius 3 is 2.38 bits per heavy atom. The predicted octanol–water partition coefficient (Wildman–Crippen LogP) is 3.12. The molecule has 16 heavy (non-hydrogen) atoms. The minimum atomic E-state index is -4.51. The van der Waals surface area contributed by atoms with E-state index in [1.54, 1.807) is 6.92 Å². The van der Waals surface area contributed by atoms with E-state index in [0.29, 0.717) is 24.5 Å². The normalized spacial score (nSPS) is 13.9. The number of nitrogens with two attached hydrogens (primary N) is 1. The Morgan fingerprint density at radius 2 is 1.88 bits per heavy atom. The molecule has 0 aliphatic heterocycles. The zero-order valence-corrected chi connectivity index (χ0v) is 8.81. The molecule has 0 unspecified atom stereocenters. The summed E-state index contributed by atoms with van der Waals surface area (Å²) in [6, 6.07) is 2.45. The topological polar surface area (TPSA) is 26.0 Å². The maximum Gasteiger partial charge on any atom is 0.416 e. The molecule has 1 rings (SSSR count). The molecule has 1 atom stereocenters. The summed E-state index contributed by atoms with van der Waals surface area (Å²) in [7, 11) is 0. The fraction of sp³-hybridized carbons (Fsp3) is 0.455. The summed E-state index contributed by atoms with van der Waals surface area (Å²) in [5.41, 5.74) is 4.86. The van der Waals surface area contributed by atoms with Gasteiger partial charge in [0.25, 0.3) is 0 Å². The average molecular weight is 235 g/mol. The summed E-state index contributed by atoms with van der Waals surface area (Å²) in [6.07, 6.45) is -3.63. The van der Waals surface area contributed by atoms with Gasteiger partial charge < -0.3 is 5.73 Å². The van der Waals surface area contributed by atoms with Crippen molar-refractivity contribution >= 4 is 0 Å². The van der Waals surface area contributed by atoms with Crippen LogP contribution in [0, 0.1) is 5.82 Å². The van der Waals surface area contributed by atoms with Crippen LogP contribution < -0.4 is 5.73 Å². The van der Waals surface area contributed by atoms with E-state index >= 15 is 0 Å². The molecule has 0 aliphatic rings. The van der Waals surface area contributed by atoms with Gasteiger partial charge in [-0.25, -0.2) is 4.39 Å². The van der Waals surface area contributed by atoms with E-state index in [4.69, 9.17) is 5.73 Å². The van der Waals surface area contributed by atoms with Gasteiger partial charge in [0.1, 0.15) is 5.82 Å². The van der Waals surface area contributed by atoms with E-state index < -0.39 is 17.6 Å². The molecule has 0 aromatic heterocycles. The Morgan fingerprint density at radius 1 is 1.25 bits per heavy atom. The first-order chi connectivity index (χ1) is 7.29. The van der Waals surface area contributed by atoms with Gasteiger partial charge in [-0.1, -0.05) is 0 Å². The largest absolute Gasteiger partial charge is 0.416 e. The van der Waals surface area contributed by atoms with Crippen LogP contribution in [-0.2, 0) is 12.6 Å². The Balaban J connectivity index is 2.90. The van der Waals surface area contributed by atoms with E-state index in [2.05, 4.69) is 0 Å². The Kier molecular flexibility index (Phi) is 3.91. The molecule has 0 spiro atoms. The lowest BCUT2D eigenvalue weighted by molar-refractivity contribution is -0.137. The number of hydrogen-bond acceptors (Lipinski definition) is 1. The van der Waals surface area contributed by atoms with Crippen LogP contribution in [0.4, 0.5) is 17.6 Å². The summed E-state index contributed by atoms with van der Waals surface area (Å²) >= 11 is 0. The van der Waals surface area contributed by atoms with Gasteiger partial charge in [-0.2, -0.15) is 13.2 Å². The monoisotopic (exact) mass is 235 g/mol. The third-order valence-electron chi connectivity index (χ3n) is 2.17. The lowest BCUT2D eigenvalue weighted by Crippen LogP contribution is -2.15. The Bertz CT molecular complexity index is 357. The van der Waals surface area contributed by atoms with E-state index in [1.165, 1.54) is 0 Å². The van der Waals surface area contributed by atoms with E-state index in [-0.39, 0.29) is 6.04 Å². The number of benzene rings is 1. The van der Waals surface area contributed by atoms with Crippen molar-refractivity contribution in [3.63, 3.8) is 0 Å². The average Bonchev–Trinajstić information content (AvgIpc) is 2.12. The number of hydrogen-bond donors (Lipinski definition) is 1. The van der Waals surface area contributed by atoms with Crippen molar-refractivity contribution in [3.8, 4) is 0 Å². The van der Waals surface area contributed by atoms with Gasteiger partial charge in [-0.3, -0.25) is 0 Å². The SMILES string of the molecule is C[C@H](N)CCc1cc(F)cc(C(F)(F)F)c1. The highest BCUT2D eigenvalue weighted by Gasteiger charge is 2.31. The molecule has 0 radical (unpaired) electrons. The van der Waals surface area contributed by atoms with Crippen LogP contribution in [0.1, 0.15) is 24.5 Å². The van der Waals surface area contributed by atoms with Crippen LogP contribution in [0.3, 0.4) is 0 Å². The molecule has 1 aromatic rings. The number of halogens is 4. The van der Waals surface area contributed by atoms with Crippen molar-refractivity contribution in [2.45, 2.75) is 32.0 Å². The zero-order valence-electron chi connectivity index (χ0n) is 8.81. The van der Waals surface area contributed by atoms with Gasteiger partial charge in [-0.15, -0.1) is 0 Å². The smallest absolute Gasteiger partial charge is 0.328 e. The lowest BCUT2D eigenvalue weighted by atomic mass is 10.0. The van der Waals surface area contributed by atoms with Crippen molar-refractivity contribution in [1.29, 1.82) is 0 Å². The minimum absolute atomic E-state index is 0.113. The second-order valence-electron chi connectivity index (χ2n) is 3.86. The summed E-state index contributed by atoms with van der Waals surface area (Å²) in [4.78, 5) is 0. The molecule has 0 amide bonds. The number of alkyl halides is 3. The molecular formula is C11H13F4N. The maximum absolute atomic E-state index is 13.0. The summed E-state index contributed by atoms with van der Waals surface area (Å²) in [6.45, 7) is 1.75. The van der Waals surface area contributed by atoms with Gasteiger partial charge in [-0.05, 0) is 43.5 Å². The van der Waals surface area contributed by atoms with Gasteiger partial charge in [0.15, 0.2) is 0 Å². The fourth-order valence-electron chi connectivity index (χ4n) is 1.35. The van der Waals surface area contributed by atoms with Crippen LogP contribution in [0.5, 0.6) is 0 Å². The summed E-state index contributed by atoms with van der Waals surface area (Å²) in [5.74, 6) is -0.866. The Hall–Kier alpha value is -1.10. The third kappa shape index (κ3) is 3.81. The molecule has 0 aliphatic carbocycles. The standard InChI is InChI=1S/C11H13F4N/c1-7(16)2-3-8-4-9(11(13,14)15)6-10(12)5-8/h4-7H,2-3,16H2,1H3/t7-/m0/s1. The maximum atomic E-state index is 13.0. The number of aryl methyl sites for hydroxylation is 1. The summed E-state index contributed by atoms with van der Waals surface area (Å²) < 4.78 is 50.0. The fourth-order valence-corrected chi connectivity index (χ4v) is 1.35. The van der Waals surface area contributed by atoms with Crippen LogP contribution in [-0.4, -0.2) is 6.04 Å². The van der Waals surface area contributed by atoms with Crippen molar-refractivity contribution in [2.75, 3.05) is 0 Å². The molecule has 5 heteroatoms. The Labute approximate surface area is 91.3 Å². The van der Waals surface area contributed by atoms with Gasteiger partial charge in [0.05, 0.1) is 5.56 Å². The predicted molar refractivity (Wildman–Crippen MR) is 53.4 cm³/mol. The van der Waals surface area contributed by atoms with E-state index in [1.807, 2.05) is 0 Å². The second-order valence-corrected chi connectivity index (χ2v) is 3.86. The van der Waals surface area contributed by atoms with Crippen LogP contribution >= 0.6 is 0 Å². The van der Waals surface area contributed by atoms with E-state index in [9.17, 15) is 17.6 Å². The van der Waals surface area contributed by atoms with Gasteiger partial charge in [0, 0.05) is 6.04 Å². The van der Waals surface area contributed by atoms with Crippen molar-refractivity contribution < 1.29 is 17.6 Å². The van der Waals surface area contributed by atoms with Crippen molar-refractivity contribution in [3.05, 3.63) is 35.1 Å². The quantitative estimate of drug-likeness (QED) is 0.800. The van der Waals surface area contributed by atoms with Crippen LogP contribution in [0.25, 0.3) is 0 Å². The molecule has 90 valence electrons. The molecule has 0 bridgehead atoms. The molecule has 2 N–H and O–H groups in total. The first-order valence-electron chi connectivity index (χ1n) is 4.91. The van der Waals surface area contributed by atoms with Crippen LogP contribution in [0.15, 0.2) is 18.2 Å². The van der Waals surface area contributed by atoms with Crippen molar-refractivity contribution in [1.82, 2.24) is 0 Å². The highest BCUT2D eigenvalue weighted by Crippen LogP contribution is 2.30. The second kappa shape index (κ2) is 4.82. The number of rotatable bonds is 3. The summed E-state index contributed by atoms with van der Waals surface area (Å²) in [5, 5.41) is 0. The molecule has 1 nitrogen and oxygen atoms in total. The molecule has 0 saturated carbocycles. The zero-order chi connectivity index (χ0) is 12.3. The van der Waals surface area contributed by atoms with Crippen molar-refractivity contribution in [2.24, 2.45) is 5.73 Å². The molecule has 1 aromatic carbocycles. The van der Waals surface area contributed by atoms with Crippen LogP contribution in [0.2, 0.25) is 0 Å². The first kappa shape index (κ1) is 13.0. The molecule has 0 saturated heterocycles. The van der Waals surface area contributed by atoms with Gasteiger partial charge >= 0.3 is 6.18 Å². The highest BCUT2D eigenvalue weighted by atomic mass is 19.4. The highest BCUT2D eigenvalue weighted by molar-refractivity contribution is 5.27.